The summed E-state index contributed by atoms with van der Waals surface area (Å²) < 4.78 is 12.0. The fraction of sp³-hybridized carbons (Fsp3) is 0.286. The summed E-state index contributed by atoms with van der Waals surface area (Å²) in [5, 5.41) is 1.00. The highest BCUT2D eigenvalue weighted by Crippen LogP contribution is 2.37. The van der Waals surface area contributed by atoms with Crippen LogP contribution in [-0.4, -0.2) is 17.9 Å². The molecule has 0 fully saturated rings. The number of halogens is 1. The lowest BCUT2D eigenvalue weighted by Gasteiger charge is -2.13. The molecule has 0 amide bonds. The maximum atomic E-state index is 10.9. The van der Waals surface area contributed by atoms with E-state index in [0.717, 1.165) is 16.2 Å². The number of ether oxygens (including phenoxy) is 2. The molecular formula is C14H14BrNO3S. The van der Waals surface area contributed by atoms with Crippen LogP contribution in [0.25, 0.3) is 0 Å². The SMILES string of the molecule is CCOc1cc(C=O)cc(Br)c1OCc1cnc(C)s1. The third kappa shape index (κ3) is 3.58. The summed E-state index contributed by atoms with van der Waals surface area (Å²) in [5.74, 6) is 1.16. The molecular weight excluding hydrogens is 342 g/mol. The topological polar surface area (TPSA) is 48.4 Å². The van der Waals surface area contributed by atoms with E-state index in [4.69, 9.17) is 9.47 Å². The van der Waals surface area contributed by atoms with Gasteiger partial charge in [0.25, 0.3) is 0 Å². The maximum Gasteiger partial charge on any atom is 0.175 e. The van der Waals surface area contributed by atoms with E-state index in [1.807, 2.05) is 13.8 Å². The second kappa shape index (κ2) is 6.85. The molecule has 0 saturated heterocycles. The zero-order chi connectivity index (χ0) is 14.5. The summed E-state index contributed by atoms with van der Waals surface area (Å²) in [6.07, 6.45) is 2.58. The summed E-state index contributed by atoms with van der Waals surface area (Å²) >= 11 is 5.00. The Morgan fingerprint density at radius 2 is 2.20 bits per heavy atom. The Labute approximate surface area is 129 Å². The molecule has 2 rings (SSSR count). The number of benzene rings is 1. The molecule has 0 saturated carbocycles. The summed E-state index contributed by atoms with van der Waals surface area (Å²) in [4.78, 5) is 16.1. The van der Waals surface area contributed by atoms with Crippen LogP contribution in [0, 0.1) is 6.92 Å². The smallest absolute Gasteiger partial charge is 0.175 e. The number of rotatable bonds is 6. The molecule has 4 nitrogen and oxygen atoms in total. The molecule has 20 heavy (non-hydrogen) atoms. The normalized spacial score (nSPS) is 10.3. The standard InChI is InChI=1S/C14H14BrNO3S/c1-3-18-13-5-10(7-17)4-12(15)14(13)19-8-11-6-16-9(2)20-11/h4-7H,3,8H2,1-2H3. The molecule has 0 aliphatic carbocycles. The molecule has 1 aromatic heterocycles. The van der Waals surface area contributed by atoms with Gasteiger partial charge in [-0.3, -0.25) is 4.79 Å². The fourth-order valence-corrected chi connectivity index (χ4v) is 2.96. The average Bonchev–Trinajstić information content (AvgIpc) is 2.83. The Balaban J connectivity index is 2.22. The van der Waals surface area contributed by atoms with Gasteiger partial charge in [0, 0.05) is 11.8 Å². The number of aldehydes is 1. The molecule has 0 N–H and O–H groups in total. The molecule has 2 aromatic rings. The Hall–Kier alpha value is -1.40. The first-order chi connectivity index (χ1) is 9.63. The Bertz CT molecular complexity index is 612. The fourth-order valence-electron chi connectivity index (χ4n) is 1.67. The highest BCUT2D eigenvalue weighted by atomic mass is 79.9. The van der Waals surface area contributed by atoms with Gasteiger partial charge in [-0.05, 0) is 41.9 Å². The number of hydrogen-bond acceptors (Lipinski definition) is 5. The second-order valence-electron chi connectivity index (χ2n) is 4.02. The minimum Gasteiger partial charge on any atom is -0.490 e. The number of nitrogens with zero attached hydrogens (tertiary/aromatic N) is 1. The van der Waals surface area contributed by atoms with Gasteiger partial charge in [-0.25, -0.2) is 4.98 Å². The van der Waals surface area contributed by atoms with Crippen molar-refractivity contribution in [2.45, 2.75) is 20.5 Å². The molecule has 0 radical (unpaired) electrons. The molecule has 0 atom stereocenters. The van der Waals surface area contributed by atoms with Crippen molar-refractivity contribution < 1.29 is 14.3 Å². The van der Waals surface area contributed by atoms with Gasteiger partial charge in [0.05, 0.1) is 21.0 Å². The zero-order valence-electron chi connectivity index (χ0n) is 11.2. The third-order valence-electron chi connectivity index (χ3n) is 2.50. The van der Waals surface area contributed by atoms with E-state index in [-0.39, 0.29) is 0 Å². The summed E-state index contributed by atoms with van der Waals surface area (Å²) in [7, 11) is 0. The van der Waals surface area contributed by atoms with Crippen LogP contribution in [0.1, 0.15) is 27.2 Å². The molecule has 6 heteroatoms. The lowest BCUT2D eigenvalue weighted by atomic mass is 10.2. The van der Waals surface area contributed by atoms with E-state index < -0.39 is 0 Å². The molecule has 0 spiro atoms. The Kier molecular flexibility index (Phi) is 5.14. The van der Waals surface area contributed by atoms with Crippen molar-refractivity contribution in [2.24, 2.45) is 0 Å². The van der Waals surface area contributed by atoms with Crippen molar-refractivity contribution in [3.05, 3.63) is 38.3 Å². The first-order valence-electron chi connectivity index (χ1n) is 6.09. The van der Waals surface area contributed by atoms with Crippen molar-refractivity contribution >= 4 is 33.6 Å². The summed E-state index contributed by atoms with van der Waals surface area (Å²) in [5.41, 5.74) is 0.543. The molecule has 106 valence electrons. The van der Waals surface area contributed by atoms with Crippen LogP contribution < -0.4 is 9.47 Å². The monoisotopic (exact) mass is 355 g/mol. The Morgan fingerprint density at radius 3 is 2.80 bits per heavy atom. The lowest BCUT2D eigenvalue weighted by Crippen LogP contribution is -2.00. The van der Waals surface area contributed by atoms with Gasteiger partial charge in [0.1, 0.15) is 12.9 Å². The number of aromatic nitrogens is 1. The number of hydrogen-bond donors (Lipinski definition) is 0. The van der Waals surface area contributed by atoms with Crippen LogP contribution >= 0.6 is 27.3 Å². The summed E-state index contributed by atoms with van der Waals surface area (Å²) in [6.45, 7) is 4.77. The van der Waals surface area contributed by atoms with Gasteiger partial charge in [-0.2, -0.15) is 0 Å². The van der Waals surface area contributed by atoms with Crippen LogP contribution in [0.5, 0.6) is 11.5 Å². The van der Waals surface area contributed by atoms with Crippen molar-refractivity contribution in [2.75, 3.05) is 6.61 Å². The number of thiazole rings is 1. The number of carbonyl (C=O) groups is 1. The first-order valence-corrected chi connectivity index (χ1v) is 7.70. The minimum absolute atomic E-state index is 0.421. The number of carbonyl (C=O) groups excluding carboxylic acids is 1. The lowest BCUT2D eigenvalue weighted by molar-refractivity contribution is 0.112. The van der Waals surface area contributed by atoms with Gasteiger partial charge >= 0.3 is 0 Å². The van der Waals surface area contributed by atoms with Crippen molar-refractivity contribution in [3.63, 3.8) is 0 Å². The maximum absolute atomic E-state index is 10.9. The van der Waals surface area contributed by atoms with E-state index in [0.29, 0.717) is 34.7 Å². The zero-order valence-corrected chi connectivity index (χ0v) is 13.6. The quantitative estimate of drug-likeness (QED) is 0.734. The van der Waals surface area contributed by atoms with E-state index in [1.54, 1.807) is 29.7 Å². The van der Waals surface area contributed by atoms with Gasteiger partial charge < -0.3 is 9.47 Å². The number of aryl methyl sites for hydroxylation is 1. The van der Waals surface area contributed by atoms with Crippen LogP contribution in [0.4, 0.5) is 0 Å². The average molecular weight is 356 g/mol. The highest BCUT2D eigenvalue weighted by molar-refractivity contribution is 9.10. The molecule has 0 aliphatic rings. The van der Waals surface area contributed by atoms with E-state index in [9.17, 15) is 4.79 Å². The molecule has 1 aromatic carbocycles. The summed E-state index contributed by atoms with van der Waals surface area (Å²) in [6, 6.07) is 3.39. The molecule has 0 unspecified atom stereocenters. The van der Waals surface area contributed by atoms with Crippen LogP contribution in [0.3, 0.4) is 0 Å². The van der Waals surface area contributed by atoms with Gasteiger partial charge in [-0.1, -0.05) is 0 Å². The van der Waals surface area contributed by atoms with Crippen molar-refractivity contribution in [1.29, 1.82) is 0 Å². The van der Waals surface area contributed by atoms with Gasteiger partial charge in [0.2, 0.25) is 0 Å². The highest BCUT2D eigenvalue weighted by Gasteiger charge is 2.13. The Morgan fingerprint density at radius 1 is 1.40 bits per heavy atom. The van der Waals surface area contributed by atoms with E-state index in [2.05, 4.69) is 20.9 Å². The first kappa shape index (κ1) is 15.0. The van der Waals surface area contributed by atoms with E-state index >= 15 is 0 Å². The minimum atomic E-state index is 0.421. The van der Waals surface area contributed by atoms with Crippen molar-refractivity contribution in [1.82, 2.24) is 4.98 Å². The van der Waals surface area contributed by atoms with Crippen LogP contribution in [0.15, 0.2) is 22.8 Å². The third-order valence-corrected chi connectivity index (χ3v) is 3.97. The second-order valence-corrected chi connectivity index (χ2v) is 6.19. The molecule has 1 heterocycles. The molecule has 0 aliphatic heterocycles. The molecule has 0 bridgehead atoms. The van der Waals surface area contributed by atoms with E-state index in [1.165, 1.54) is 0 Å². The predicted molar refractivity (Wildman–Crippen MR) is 81.9 cm³/mol. The van der Waals surface area contributed by atoms with Gasteiger partial charge in [-0.15, -0.1) is 11.3 Å². The van der Waals surface area contributed by atoms with Crippen molar-refractivity contribution in [3.8, 4) is 11.5 Å². The predicted octanol–water partition coefficient (Wildman–Crippen LogP) is 4.00. The largest absolute Gasteiger partial charge is 0.490 e. The van der Waals surface area contributed by atoms with Crippen LogP contribution in [0.2, 0.25) is 0 Å². The van der Waals surface area contributed by atoms with Gasteiger partial charge in [0.15, 0.2) is 11.5 Å². The van der Waals surface area contributed by atoms with Crippen LogP contribution in [-0.2, 0) is 6.61 Å².